The summed E-state index contributed by atoms with van der Waals surface area (Å²) in [6.45, 7) is 9.41. The fourth-order valence-corrected chi connectivity index (χ4v) is 1.22. The summed E-state index contributed by atoms with van der Waals surface area (Å²) < 4.78 is 0. The highest BCUT2D eigenvalue weighted by Crippen LogP contribution is 1.98. The molecule has 1 amide bonds. The zero-order chi connectivity index (χ0) is 11.7. The third-order valence-corrected chi connectivity index (χ3v) is 2.12. The number of carbonyl (C=O) groups is 1. The molecule has 0 saturated heterocycles. The van der Waals surface area contributed by atoms with E-state index in [1.807, 2.05) is 18.7 Å². The first-order valence-corrected chi connectivity index (χ1v) is 5.34. The van der Waals surface area contributed by atoms with E-state index in [1.54, 1.807) is 6.08 Å². The van der Waals surface area contributed by atoms with Gasteiger partial charge in [0, 0.05) is 25.7 Å². The minimum atomic E-state index is 0.00143. The van der Waals surface area contributed by atoms with Gasteiger partial charge in [0.05, 0.1) is 6.54 Å². The monoisotopic (exact) mass is 214 g/mol. The van der Waals surface area contributed by atoms with Crippen molar-refractivity contribution in [2.24, 2.45) is 0 Å². The third kappa shape index (κ3) is 7.11. The summed E-state index contributed by atoms with van der Waals surface area (Å²) in [5, 5.41) is 11.5. The molecule has 0 aliphatic rings. The summed E-state index contributed by atoms with van der Waals surface area (Å²) in [5.41, 5.74) is 0. The van der Waals surface area contributed by atoms with Crippen molar-refractivity contribution in [3.8, 4) is 0 Å². The molecule has 0 spiro atoms. The first-order valence-electron chi connectivity index (χ1n) is 5.34. The second-order valence-electron chi connectivity index (χ2n) is 3.73. The highest BCUT2D eigenvalue weighted by atomic mass is 16.3. The molecule has 4 heteroatoms. The van der Waals surface area contributed by atoms with Gasteiger partial charge in [-0.2, -0.15) is 0 Å². The second-order valence-corrected chi connectivity index (χ2v) is 3.73. The Balaban J connectivity index is 3.92. The van der Waals surface area contributed by atoms with Crippen LogP contribution in [0.15, 0.2) is 12.7 Å². The average Bonchev–Trinajstić information content (AvgIpc) is 2.20. The number of amides is 1. The molecule has 0 bridgehead atoms. The van der Waals surface area contributed by atoms with Crippen LogP contribution in [0.4, 0.5) is 0 Å². The zero-order valence-electron chi connectivity index (χ0n) is 9.70. The summed E-state index contributed by atoms with van der Waals surface area (Å²) in [6.07, 6.45) is 2.36. The maximum absolute atomic E-state index is 11.4. The van der Waals surface area contributed by atoms with E-state index in [-0.39, 0.29) is 12.5 Å². The van der Waals surface area contributed by atoms with Crippen molar-refractivity contribution in [1.29, 1.82) is 0 Å². The number of aliphatic hydroxyl groups excluding tert-OH is 1. The number of hydrogen-bond donors (Lipinski definition) is 2. The Morgan fingerprint density at radius 2 is 2.27 bits per heavy atom. The SMILES string of the molecule is C=CCNC(=O)CN(CCCO)C(C)C. The predicted octanol–water partition coefficient (Wildman–Crippen LogP) is 0.381. The van der Waals surface area contributed by atoms with Crippen LogP contribution in [0.2, 0.25) is 0 Å². The molecular weight excluding hydrogens is 192 g/mol. The number of rotatable bonds is 8. The van der Waals surface area contributed by atoms with Crippen LogP contribution in [0.1, 0.15) is 20.3 Å². The fourth-order valence-electron chi connectivity index (χ4n) is 1.22. The largest absolute Gasteiger partial charge is 0.396 e. The molecule has 0 aliphatic heterocycles. The zero-order valence-corrected chi connectivity index (χ0v) is 9.70. The van der Waals surface area contributed by atoms with Gasteiger partial charge in [-0.05, 0) is 20.3 Å². The summed E-state index contributed by atoms with van der Waals surface area (Å²) >= 11 is 0. The molecule has 0 saturated carbocycles. The molecule has 0 rings (SSSR count). The van der Waals surface area contributed by atoms with Gasteiger partial charge in [-0.25, -0.2) is 0 Å². The van der Waals surface area contributed by atoms with Crippen LogP contribution in [0.5, 0.6) is 0 Å². The van der Waals surface area contributed by atoms with E-state index >= 15 is 0 Å². The smallest absolute Gasteiger partial charge is 0.234 e. The molecule has 0 radical (unpaired) electrons. The van der Waals surface area contributed by atoms with Crippen molar-refractivity contribution in [1.82, 2.24) is 10.2 Å². The van der Waals surface area contributed by atoms with Gasteiger partial charge in [-0.15, -0.1) is 6.58 Å². The van der Waals surface area contributed by atoms with Crippen molar-refractivity contribution in [3.05, 3.63) is 12.7 Å². The lowest BCUT2D eigenvalue weighted by atomic mass is 10.3. The van der Waals surface area contributed by atoms with Crippen molar-refractivity contribution >= 4 is 5.91 Å². The lowest BCUT2D eigenvalue weighted by Crippen LogP contribution is -2.41. The molecule has 0 aromatic heterocycles. The molecule has 0 aliphatic carbocycles. The first-order chi connectivity index (χ1) is 7.11. The topological polar surface area (TPSA) is 52.6 Å². The molecule has 0 unspecified atom stereocenters. The molecule has 0 heterocycles. The molecule has 0 fully saturated rings. The van der Waals surface area contributed by atoms with Crippen LogP contribution >= 0.6 is 0 Å². The second kappa shape index (κ2) is 8.44. The summed E-state index contributed by atoms with van der Waals surface area (Å²) in [6, 6.07) is 0.311. The van der Waals surface area contributed by atoms with E-state index < -0.39 is 0 Å². The Kier molecular flexibility index (Phi) is 7.95. The molecule has 88 valence electrons. The van der Waals surface area contributed by atoms with Crippen molar-refractivity contribution < 1.29 is 9.90 Å². The van der Waals surface area contributed by atoms with E-state index in [4.69, 9.17) is 5.11 Å². The Morgan fingerprint density at radius 1 is 1.60 bits per heavy atom. The summed E-state index contributed by atoms with van der Waals surface area (Å²) in [4.78, 5) is 13.5. The Morgan fingerprint density at radius 3 is 2.73 bits per heavy atom. The number of aliphatic hydroxyl groups is 1. The van der Waals surface area contributed by atoms with Crippen molar-refractivity contribution in [2.75, 3.05) is 26.2 Å². The minimum Gasteiger partial charge on any atom is -0.396 e. The molecule has 0 aromatic carbocycles. The van der Waals surface area contributed by atoms with E-state index in [2.05, 4.69) is 11.9 Å². The average molecular weight is 214 g/mol. The molecule has 0 aromatic rings. The predicted molar refractivity (Wildman–Crippen MR) is 61.6 cm³/mol. The lowest BCUT2D eigenvalue weighted by molar-refractivity contribution is -0.122. The molecule has 0 atom stereocenters. The van der Waals surface area contributed by atoms with Crippen LogP contribution in [-0.2, 0) is 4.79 Å². The highest BCUT2D eigenvalue weighted by molar-refractivity contribution is 5.78. The third-order valence-electron chi connectivity index (χ3n) is 2.12. The maximum Gasteiger partial charge on any atom is 0.234 e. The standard InChI is InChI=1S/C11H22N2O2/c1-4-6-12-11(15)9-13(10(2)3)7-5-8-14/h4,10,14H,1,5-9H2,2-3H3,(H,12,15). The normalized spacial score (nSPS) is 10.7. The van der Waals surface area contributed by atoms with Crippen LogP contribution in [0.3, 0.4) is 0 Å². The van der Waals surface area contributed by atoms with Crippen LogP contribution in [0, 0.1) is 0 Å². The van der Waals surface area contributed by atoms with E-state index in [0.29, 0.717) is 25.6 Å². The van der Waals surface area contributed by atoms with Crippen LogP contribution in [-0.4, -0.2) is 48.2 Å². The molecular formula is C11H22N2O2. The highest BCUT2D eigenvalue weighted by Gasteiger charge is 2.12. The van der Waals surface area contributed by atoms with Gasteiger partial charge in [0.15, 0.2) is 0 Å². The number of nitrogens with zero attached hydrogens (tertiary/aromatic N) is 1. The van der Waals surface area contributed by atoms with Gasteiger partial charge < -0.3 is 10.4 Å². The quantitative estimate of drug-likeness (QED) is 0.574. The maximum atomic E-state index is 11.4. The van der Waals surface area contributed by atoms with Gasteiger partial charge in [-0.1, -0.05) is 6.08 Å². The summed E-state index contributed by atoms with van der Waals surface area (Å²) in [5.74, 6) is 0.00143. The molecule has 2 N–H and O–H groups in total. The van der Waals surface area contributed by atoms with Gasteiger partial charge >= 0.3 is 0 Å². The van der Waals surface area contributed by atoms with Crippen molar-refractivity contribution in [2.45, 2.75) is 26.3 Å². The Labute approximate surface area is 92.0 Å². The van der Waals surface area contributed by atoms with E-state index in [1.165, 1.54) is 0 Å². The van der Waals surface area contributed by atoms with Crippen molar-refractivity contribution in [3.63, 3.8) is 0 Å². The van der Waals surface area contributed by atoms with Gasteiger partial charge in [-0.3, -0.25) is 9.69 Å². The van der Waals surface area contributed by atoms with E-state index in [9.17, 15) is 4.79 Å². The number of nitrogens with one attached hydrogen (secondary N) is 1. The summed E-state index contributed by atoms with van der Waals surface area (Å²) in [7, 11) is 0. The van der Waals surface area contributed by atoms with Gasteiger partial charge in [0.2, 0.25) is 5.91 Å². The Hall–Kier alpha value is -0.870. The minimum absolute atomic E-state index is 0.00143. The van der Waals surface area contributed by atoms with Crippen LogP contribution < -0.4 is 5.32 Å². The van der Waals surface area contributed by atoms with Gasteiger partial charge in [0.1, 0.15) is 0 Å². The number of hydrogen-bond acceptors (Lipinski definition) is 3. The van der Waals surface area contributed by atoms with E-state index in [0.717, 1.165) is 6.54 Å². The first kappa shape index (κ1) is 14.1. The van der Waals surface area contributed by atoms with Gasteiger partial charge in [0.25, 0.3) is 0 Å². The van der Waals surface area contributed by atoms with Crippen LogP contribution in [0.25, 0.3) is 0 Å². The number of carbonyl (C=O) groups excluding carboxylic acids is 1. The molecule has 15 heavy (non-hydrogen) atoms. The fraction of sp³-hybridized carbons (Fsp3) is 0.727. The Bertz CT molecular complexity index is 193. The molecule has 4 nitrogen and oxygen atoms in total. The lowest BCUT2D eigenvalue weighted by Gasteiger charge is -2.25.